The predicted molar refractivity (Wildman–Crippen MR) is 106 cm³/mol. The van der Waals surface area contributed by atoms with Gasteiger partial charge >= 0.3 is 57.4 Å². The van der Waals surface area contributed by atoms with Gasteiger partial charge in [0.25, 0.3) is 0 Å². The molecule has 2 unspecified atom stereocenters. The van der Waals surface area contributed by atoms with Gasteiger partial charge in [-0.3, -0.25) is 0 Å². The van der Waals surface area contributed by atoms with E-state index in [9.17, 15) is 19.8 Å². The molecule has 0 rings (SSSR count). The fraction of sp³-hybridized carbons (Fsp3) is 0.909. The number of aliphatic hydroxyl groups is 1. The Labute approximate surface area is 214 Å². The minimum Gasteiger partial charge on any atom is -0.546 e. The van der Waals surface area contributed by atoms with Crippen LogP contribution in [-0.2, 0) is 14.3 Å². The van der Waals surface area contributed by atoms with E-state index in [2.05, 4.69) is 6.92 Å². The molecule has 0 aromatic carbocycles. The summed E-state index contributed by atoms with van der Waals surface area (Å²) >= 11 is 0. The zero-order valence-corrected chi connectivity index (χ0v) is 21.9. The second-order valence-corrected chi connectivity index (χ2v) is 7.96. The van der Waals surface area contributed by atoms with Crippen molar-refractivity contribution in [1.29, 1.82) is 0 Å². The van der Waals surface area contributed by atoms with Gasteiger partial charge in [-0.05, 0) is 26.7 Å². The summed E-state index contributed by atoms with van der Waals surface area (Å²) in [5, 5.41) is 20.4. The Kier molecular flexibility index (Phi) is 21.4. The van der Waals surface area contributed by atoms with E-state index in [1.54, 1.807) is 0 Å². The summed E-state index contributed by atoms with van der Waals surface area (Å²) in [6, 6.07) is 0. The predicted octanol–water partition coefficient (Wildman–Crippen LogP) is 1.29. The third kappa shape index (κ3) is 16.3. The molecule has 0 saturated carbocycles. The number of carboxylic acid groups (broad SMARTS) is 1. The number of aliphatic carboxylic acids is 1. The van der Waals surface area contributed by atoms with Gasteiger partial charge in [-0.15, -0.1) is 0 Å². The van der Waals surface area contributed by atoms with Gasteiger partial charge in [-0.1, -0.05) is 90.4 Å². The first-order valence-corrected chi connectivity index (χ1v) is 11.0. The number of rotatable bonds is 18. The van der Waals surface area contributed by atoms with E-state index in [1.165, 1.54) is 78.1 Å². The van der Waals surface area contributed by atoms with Crippen LogP contribution in [0.2, 0.25) is 0 Å². The Morgan fingerprint density at radius 2 is 1.21 bits per heavy atom. The van der Waals surface area contributed by atoms with Gasteiger partial charge in [0.1, 0.15) is 11.7 Å². The monoisotopic (exact) mass is 424 g/mol. The number of carbonyl (C=O) groups excluding carboxylic acids is 2. The van der Waals surface area contributed by atoms with Gasteiger partial charge in [0.2, 0.25) is 0 Å². The Morgan fingerprint density at radius 3 is 1.54 bits per heavy atom. The van der Waals surface area contributed by atoms with Crippen molar-refractivity contribution >= 4 is 11.9 Å². The van der Waals surface area contributed by atoms with Crippen molar-refractivity contribution in [3.05, 3.63) is 0 Å². The van der Waals surface area contributed by atoms with Crippen molar-refractivity contribution in [3.63, 3.8) is 0 Å². The molecule has 0 amide bonds. The van der Waals surface area contributed by atoms with Crippen molar-refractivity contribution in [3.8, 4) is 0 Å². The summed E-state index contributed by atoms with van der Waals surface area (Å²) in [7, 11) is 0. The molecule has 1 N–H and O–H groups in total. The third-order valence-electron chi connectivity index (χ3n) is 5.11. The van der Waals surface area contributed by atoms with Crippen LogP contribution < -0.4 is 56.5 Å². The molecule has 0 fully saturated rings. The fourth-order valence-corrected chi connectivity index (χ4v) is 3.16. The van der Waals surface area contributed by atoms with Gasteiger partial charge < -0.3 is 19.7 Å². The van der Waals surface area contributed by atoms with Crippen molar-refractivity contribution in [2.45, 2.75) is 129 Å². The van der Waals surface area contributed by atoms with E-state index >= 15 is 0 Å². The standard InChI is InChI=1S/C22H42O5.K/c1-4-5-6-7-8-9-10-11-12-13-14-15-16-17-18-22(3,21(25)26)27-20(24)19(2)23;/h19,23H,4-18H2,1-3H3,(H,25,26);/q;+1/p-1. The molecule has 0 radical (unpaired) electrons. The summed E-state index contributed by atoms with van der Waals surface area (Å²) in [5.41, 5.74) is -1.66. The largest absolute Gasteiger partial charge is 1.00 e. The Morgan fingerprint density at radius 1 is 0.857 bits per heavy atom. The molecule has 0 aromatic heterocycles. The summed E-state index contributed by atoms with van der Waals surface area (Å²) in [6.07, 6.45) is 16.0. The number of carbonyl (C=O) groups is 2. The van der Waals surface area contributed by atoms with Gasteiger partial charge in [-0.25, -0.2) is 4.79 Å². The first-order valence-electron chi connectivity index (χ1n) is 11.0. The maximum absolute atomic E-state index is 11.4. The Hall–Kier alpha value is 0.536. The maximum atomic E-state index is 11.4. The van der Waals surface area contributed by atoms with Crippen LogP contribution in [0.1, 0.15) is 117 Å². The van der Waals surface area contributed by atoms with Crippen LogP contribution in [0.4, 0.5) is 0 Å². The van der Waals surface area contributed by atoms with Crippen molar-refractivity contribution in [2.75, 3.05) is 0 Å². The number of hydrogen-bond donors (Lipinski definition) is 1. The molecule has 0 bridgehead atoms. The molecule has 0 aliphatic rings. The molecule has 0 aliphatic carbocycles. The molecule has 0 aliphatic heterocycles. The van der Waals surface area contributed by atoms with E-state index in [0.29, 0.717) is 6.42 Å². The first kappa shape index (κ1) is 30.7. The van der Waals surface area contributed by atoms with Gasteiger partial charge in [0.05, 0.1) is 5.97 Å². The molecule has 2 atom stereocenters. The average molecular weight is 425 g/mol. The second-order valence-electron chi connectivity index (χ2n) is 7.96. The van der Waals surface area contributed by atoms with Crippen LogP contribution in [0.3, 0.4) is 0 Å². The zero-order valence-electron chi connectivity index (χ0n) is 18.8. The van der Waals surface area contributed by atoms with E-state index in [4.69, 9.17) is 4.74 Å². The molecule has 0 saturated heterocycles. The van der Waals surface area contributed by atoms with E-state index < -0.39 is 23.6 Å². The molecular weight excluding hydrogens is 383 g/mol. The second kappa shape index (κ2) is 19.5. The minimum atomic E-state index is -1.66. The van der Waals surface area contributed by atoms with Crippen molar-refractivity contribution < 1.29 is 75.9 Å². The average Bonchev–Trinajstić information content (AvgIpc) is 2.61. The van der Waals surface area contributed by atoms with E-state index in [0.717, 1.165) is 19.3 Å². The van der Waals surface area contributed by atoms with Crippen LogP contribution in [0.25, 0.3) is 0 Å². The molecule has 0 aromatic rings. The normalized spacial score (nSPS) is 14.0. The third-order valence-corrected chi connectivity index (χ3v) is 5.11. The number of unbranched alkanes of at least 4 members (excludes halogenated alkanes) is 13. The fourth-order valence-electron chi connectivity index (χ4n) is 3.16. The number of hydrogen-bond acceptors (Lipinski definition) is 5. The minimum absolute atomic E-state index is 0. The first-order chi connectivity index (χ1) is 12.8. The topological polar surface area (TPSA) is 86.7 Å². The van der Waals surface area contributed by atoms with E-state index in [1.807, 2.05) is 0 Å². The molecule has 28 heavy (non-hydrogen) atoms. The van der Waals surface area contributed by atoms with E-state index in [-0.39, 0.29) is 57.8 Å². The summed E-state index contributed by atoms with van der Waals surface area (Å²) in [5.74, 6) is -2.33. The number of aliphatic hydroxyl groups excluding tert-OH is 1. The Balaban J connectivity index is 0. The van der Waals surface area contributed by atoms with Gasteiger partial charge in [0, 0.05) is 0 Å². The number of esters is 1. The zero-order chi connectivity index (χ0) is 20.5. The summed E-state index contributed by atoms with van der Waals surface area (Å²) in [4.78, 5) is 22.7. The summed E-state index contributed by atoms with van der Waals surface area (Å²) in [6.45, 7) is 4.84. The molecular formula is C22H41KO5. The number of ether oxygens (including phenoxy) is 1. The van der Waals surface area contributed by atoms with Gasteiger partial charge in [0.15, 0.2) is 0 Å². The molecule has 5 nitrogen and oxygen atoms in total. The molecule has 0 spiro atoms. The van der Waals surface area contributed by atoms with Crippen LogP contribution in [-0.4, -0.2) is 28.8 Å². The van der Waals surface area contributed by atoms with Crippen molar-refractivity contribution in [2.24, 2.45) is 0 Å². The van der Waals surface area contributed by atoms with Crippen molar-refractivity contribution in [1.82, 2.24) is 0 Å². The maximum Gasteiger partial charge on any atom is 1.00 e. The molecule has 160 valence electrons. The quantitative estimate of drug-likeness (QED) is 0.204. The number of carboxylic acids is 1. The summed E-state index contributed by atoms with van der Waals surface area (Å²) < 4.78 is 4.92. The smallest absolute Gasteiger partial charge is 0.546 e. The molecule has 6 heteroatoms. The Bertz CT molecular complexity index is 400. The SMILES string of the molecule is CCCCCCCCCCCCCCCCC(C)(OC(=O)C(C)O)C(=O)[O-].[K+]. The molecule has 0 heterocycles. The van der Waals surface area contributed by atoms with Crippen LogP contribution >= 0.6 is 0 Å². The van der Waals surface area contributed by atoms with Crippen LogP contribution in [0, 0.1) is 0 Å². The van der Waals surface area contributed by atoms with Gasteiger partial charge in [-0.2, -0.15) is 0 Å². The van der Waals surface area contributed by atoms with Crippen LogP contribution in [0.15, 0.2) is 0 Å². The van der Waals surface area contributed by atoms with Crippen LogP contribution in [0.5, 0.6) is 0 Å².